The van der Waals surface area contributed by atoms with Crippen LogP contribution in [0.4, 0.5) is 39.5 Å². The molecule has 0 atom stereocenters. The van der Waals surface area contributed by atoms with E-state index in [-0.39, 0.29) is 17.7 Å². The lowest BCUT2D eigenvalue weighted by Gasteiger charge is -2.32. The summed E-state index contributed by atoms with van der Waals surface area (Å²) in [4.78, 5) is 0.156. The van der Waals surface area contributed by atoms with Gasteiger partial charge in [0.15, 0.2) is 0 Å². The molecule has 0 aromatic heterocycles. The zero-order valence-electron chi connectivity index (χ0n) is 10.6. The number of allylic oxidation sites excluding steroid dienone is 2. The van der Waals surface area contributed by atoms with E-state index in [2.05, 4.69) is 0 Å². The van der Waals surface area contributed by atoms with Crippen molar-refractivity contribution in [3.8, 4) is 0 Å². The zero-order chi connectivity index (χ0) is 16.5. The van der Waals surface area contributed by atoms with Crippen molar-refractivity contribution in [2.24, 2.45) is 0 Å². The summed E-state index contributed by atoms with van der Waals surface area (Å²) in [5.74, 6) is -9.30. The minimum Gasteiger partial charge on any atom is -0.367 e. The second-order valence-electron chi connectivity index (χ2n) is 4.63. The Bertz CT molecular complexity index is 385. The molecule has 1 fully saturated rings. The van der Waals surface area contributed by atoms with Crippen LogP contribution >= 0.6 is 0 Å². The van der Waals surface area contributed by atoms with Crippen LogP contribution in [0.25, 0.3) is 0 Å². The molecular formula is C11H12F9N. The second kappa shape index (κ2) is 5.96. The van der Waals surface area contributed by atoms with Crippen molar-refractivity contribution in [2.75, 3.05) is 13.1 Å². The van der Waals surface area contributed by atoms with Crippen LogP contribution in [0.2, 0.25) is 0 Å². The quantitative estimate of drug-likeness (QED) is 0.658. The molecule has 1 heterocycles. The maximum Gasteiger partial charge on any atom is 0.459 e. The minimum absolute atomic E-state index is 0.114. The van der Waals surface area contributed by atoms with Gasteiger partial charge in [-0.2, -0.15) is 39.5 Å². The van der Waals surface area contributed by atoms with E-state index >= 15 is 0 Å². The molecule has 1 saturated heterocycles. The van der Waals surface area contributed by atoms with Gasteiger partial charge in [0.1, 0.15) is 5.70 Å². The average molecular weight is 329 g/mol. The largest absolute Gasteiger partial charge is 0.459 e. The van der Waals surface area contributed by atoms with Gasteiger partial charge in [0.2, 0.25) is 5.83 Å². The van der Waals surface area contributed by atoms with Crippen molar-refractivity contribution in [1.82, 2.24) is 4.90 Å². The third-order valence-corrected chi connectivity index (χ3v) is 3.03. The Hall–Kier alpha value is -1.09. The lowest BCUT2D eigenvalue weighted by molar-refractivity contribution is -0.273. The Labute approximate surface area is 114 Å². The molecule has 0 aromatic carbocycles. The topological polar surface area (TPSA) is 3.24 Å². The molecule has 10 heteroatoms. The lowest BCUT2D eigenvalue weighted by atomic mass is 10.1. The summed E-state index contributed by atoms with van der Waals surface area (Å²) >= 11 is 0. The van der Waals surface area contributed by atoms with Crippen LogP contribution in [0.5, 0.6) is 0 Å². The van der Waals surface area contributed by atoms with E-state index in [0.29, 0.717) is 12.8 Å². The first kappa shape index (κ1) is 18.0. The standard InChI is InChI=1S/C11H12F9N/c12-7(10(15,16)17)8(9(13,14)11(18,19)20)21-5-3-1-2-4-6-21/h1-6H2/b8-7+. The van der Waals surface area contributed by atoms with Crippen molar-refractivity contribution >= 4 is 0 Å². The van der Waals surface area contributed by atoms with Crippen LogP contribution in [0.3, 0.4) is 0 Å². The summed E-state index contributed by atoms with van der Waals surface area (Å²) < 4.78 is 114. The Morgan fingerprint density at radius 1 is 0.714 bits per heavy atom. The molecule has 0 saturated carbocycles. The Balaban J connectivity index is 3.37. The van der Waals surface area contributed by atoms with Crippen molar-refractivity contribution < 1.29 is 39.5 Å². The summed E-state index contributed by atoms with van der Waals surface area (Å²) in [6.07, 6.45) is -11.1. The number of hydrogen-bond donors (Lipinski definition) is 0. The third kappa shape index (κ3) is 3.97. The van der Waals surface area contributed by atoms with Crippen LogP contribution in [0.1, 0.15) is 25.7 Å². The molecule has 1 aliphatic heterocycles. The molecule has 0 bridgehead atoms. The fraction of sp³-hybridized carbons (Fsp3) is 0.818. The smallest absolute Gasteiger partial charge is 0.367 e. The number of halogens is 9. The monoisotopic (exact) mass is 329 g/mol. The summed E-state index contributed by atoms with van der Waals surface area (Å²) in [6, 6.07) is 0. The Kier molecular flexibility index (Phi) is 5.09. The predicted molar refractivity (Wildman–Crippen MR) is 55.2 cm³/mol. The first-order valence-corrected chi connectivity index (χ1v) is 6.06. The molecule has 1 aliphatic rings. The highest BCUT2D eigenvalue weighted by Gasteiger charge is 2.64. The third-order valence-electron chi connectivity index (χ3n) is 3.03. The summed E-state index contributed by atoms with van der Waals surface area (Å²) in [5.41, 5.74) is -2.63. The molecule has 21 heavy (non-hydrogen) atoms. The first-order valence-electron chi connectivity index (χ1n) is 6.06. The van der Waals surface area contributed by atoms with Crippen LogP contribution in [0.15, 0.2) is 11.5 Å². The van der Waals surface area contributed by atoms with Gasteiger partial charge in [-0.3, -0.25) is 0 Å². The molecule has 1 rings (SSSR count). The molecule has 0 aromatic rings. The van der Waals surface area contributed by atoms with Gasteiger partial charge in [-0.05, 0) is 12.8 Å². The van der Waals surface area contributed by atoms with E-state index < -0.39 is 42.9 Å². The van der Waals surface area contributed by atoms with Gasteiger partial charge in [-0.1, -0.05) is 12.8 Å². The number of alkyl halides is 8. The molecule has 124 valence electrons. The maximum absolute atomic E-state index is 13.3. The van der Waals surface area contributed by atoms with Crippen molar-refractivity contribution in [2.45, 2.75) is 44.0 Å². The van der Waals surface area contributed by atoms with E-state index in [4.69, 9.17) is 0 Å². The maximum atomic E-state index is 13.3. The minimum atomic E-state index is -6.31. The zero-order valence-corrected chi connectivity index (χ0v) is 10.6. The normalized spacial score (nSPS) is 20.1. The van der Waals surface area contributed by atoms with Crippen LogP contribution < -0.4 is 0 Å². The fourth-order valence-electron chi connectivity index (χ4n) is 2.04. The van der Waals surface area contributed by atoms with Crippen LogP contribution in [-0.2, 0) is 0 Å². The first-order chi connectivity index (χ1) is 9.39. The fourth-order valence-corrected chi connectivity index (χ4v) is 2.04. The van der Waals surface area contributed by atoms with Gasteiger partial charge < -0.3 is 4.90 Å². The summed E-state index contributed by atoms with van der Waals surface area (Å²) in [6.45, 7) is -0.963. The van der Waals surface area contributed by atoms with E-state index in [9.17, 15) is 39.5 Å². The van der Waals surface area contributed by atoms with Gasteiger partial charge in [0.05, 0.1) is 0 Å². The van der Waals surface area contributed by atoms with Crippen LogP contribution in [0, 0.1) is 0 Å². The van der Waals surface area contributed by atoms with Crippen molar-refractivity contribution in [3.05, 3.63) is 11.5 Å². The number of nitrogens with zero attached hydrogens (tertiary/aromatic N) is 1. The molecule has 0 radical (unpaired) electrons. The van der Waals surface area contributed by atoms with Gasteiger partial charge >= 0.3 is 18.3 Å². The van der Waals surface area contributed by atoms with Gasteiger partial charge in [-0.15, -0.1) is 0 Å². The summed E-state index contributed by atoms with van der Waals surface area (Å²) in [5, 5.41) is 0. The molecule has 1 nitrogen and oxygen atoms in total. The SMILES string of the molecule is F/C(=C(/N1CCCCCC1)C(F)(F)C(F)(F)F)C(F)(F)F. The number of hydrogen-bond acceptors (Lipinski definition) is 1. The molecule has 0 N–H and O–H groups in total. The van der Waals surface area contributed by atoms with Crippen LogP contribution in [-0.4, -0.2) is 36.3 Å². The second-order valence-corrected chi connectivity index (χ2v) is 4.63. The van der Waals surface area contributed by atoms with E-state index in [1.807, 2.05) is 0 Å². The average Bonchev–Trinajstić information content (AvgIpc) is 2.55. The van der Waals surface area contributed by atoms with Gasteiger partial charge in [0.25, 0.3) is 0 Å². The molecule has 0 unspecified atom stereocenters. The molecule has 0 amide bonds. The predicted octanol–water partition coefficient (Wildman–Crippen LogP) is 4.80. The number of likely N-dealkylation sites (tertiary alicyclic amines) is 1. The number of rotatable bonds is 2. The van der Waals surface area contributed by atoms with Gasteiger partial charge in [-0.25, -0.2) is 0 Å². The highest BCUT2D eigenvalue weighted by molar-refractivity contribution is 5.22. The van der Waals surface area contributed by atoms with Gasteiger partial charge in [0, 0.05) is 13.1 Å². The lowest BCUT2D eigenvalue weighted by Crippen LogP contribution is -2.47. The molecule has 0 aliphatic carbocycles. The Morgan fingerprint density at radius 3 is 1.48 bits per heavy atom. The van der Waals surface area contributed by atoms with E-state index in [1.165, 1.54) is 0 Å². The van der Waals surface area contributed by atoms with E-state index in [1.54, 1.807) is 0 Å². The summed E-state index contributed by atoms with van der Waals surface area (Å²) in [7, 11) is 0. The molecule has 0 spiro atoms. The Morgan fingerprint density at radius 2 is 1.14 bits per heavy atom. The van der Waals surface area contributed by atoms with Crippen molar-refractivity contribution in [1.29, 1.82) is 0 Å². The highest BCUT2D eigenvalue weighted by atomic mass is 19.4. The van der Waals surface area contributed by atoms with E-state index in [0.717, 1.165) is 0 Å². The molecular weight excluding hydrogens is 317 g/mol. The highest BCUT2D eigenvalue weighted by Crippen LogP contribution is 2.46. The van der Waals surface area contributed by atoms with Crippen molar-refractivity contribution in [3.63, 3.8) is 0 Å².